The van der Waals surface area contributed by atoms with Gasteiger partial charge in [-0.2, -0.15) is 0 Å². The van der Waals surface area contributed by atoms with Crippen LogP contribution in [0, 0.1) is 0 Å². The average molecular weight is 509 g/mol. The van der Waals surface area contributed by atoms with E-state index in [1.165, 1.54) is 0 Å². The summed E-state index contributed by atoms with van der Waals surface area (Å²) in [5.41, 5.74) is 7.79. The number of benzene rings is 1. The molecule has 1 atom stereocenters. The summed E-state index contributed by atoms with van der Waals surface area (Å²) in [6.07, 6.45) is 0.0731. The standard InChI is InChI=1S/C26H28N4O7/c1-2-26(34)18-8-20-23-16(11-30(20)24(32)17(18)12-35-25(26)33)15(10-29(4-3-27)5-6-31)14-7-21-22(37-13-36-21)9-19(14)28-23/h7-9,31,34H,2-6,10-13,27H2,1H3/t26-/m0/s1. The Morgan fingerprint density at radius 1 is 1.14 bits per heavy atom. The molecular formula is C26H28N4O7. The third kappa shape index (κ3) is 3.53. The fraction of sp³-hybridized carbons (Fsp3) is 0.423. The van der Waals surface area contributed by atoms with Gasteiger partial charge in [-0.3, -0.25) is 9.69 Å². The molecule has 194 valence electrons. The van der Waals surface area contributed by atoms with E-state index < -0.39 is 11.6 Å². The van der Waals surface area contributed by atoms with Gasteiger partial charge in [0.2, 0.25) is 6.79 Å². The van der Waals surface area contributed by atoms with Crippen LogP contribution in [-0.2, 0) is 34.8 Å². The van der Waals surface area contributed by atoms with E-state index in [0.29, 0.717) is 54.6 Å². The van der Waals surface area contributed by atoms with Crippen LogP contribution >= 0.6 is 0 Å². The van der Waals surface area contributed by atoms with Gasteiger partial charge in [0.05, 0.1) is 35.6 Å². The fourth-order valence-corrected chi connectivity index (χ4v) is 5.55. The highest BCUT2D eigenvalue weighted by atomic mass is 16.7. The van der Waals surface area contributed by atoms with Crippen LogP contribution in [0.15, 0.2) is 23.0 Å². The summed E-state index contributed by atoms with van der Waals surface area (Å²) in [5, 5.41) is 21.6. The summed E-state index contributed by atoms with van der Waals surface area (Å²) >= 11 is 0. The first kappa shape index (κ1) is 23.9. The van der Waals surface area contributed by atoms with Crippen molar-refractivity contribution in [1.29, 1.82) is 0 Å². The van der Waals surface area contributed by atoms with Crippen molar-refractivity contribution in [1.82, 2.24) is 14.5 Å². The number of hydrogen-bond donors (Lipinski definition) is 3. The molecule has 0 saturated carbocycles. The van der Waals surface area contributed by atoms with Gasteiger partial charge in [0.1, 0.15) is 6.61 Å². The molecule has 2 aromatic heterocycles. The number of ether oxygens (including phenoxy) is 3. The number of rotatable bonds is 7. The summed E-state index contributed by atoms with van der Waals surface area (Å²) in [4.78, 5) is 33.1. The second-order valence-corrected chi connectivity index (χ2v) is 9.53. The van der Waals surface area contributed by atoms with Gasteiger partial charge >= 0.3 is 5.97 Å². The van der Waals surface area contributed by atoms with Crippen molar-refractivity contribution < 1.29 is 29.2 Å². The first-order valence-corrected chi connectivity index (χ1v) is 12.3. The minimum atomic E-state index is -1.89. The van der Waals surface area contributed by atoms with Crippen LogP contribution in [0.25, 0.3) is 22.3 Å². The Morgan fingerprint density at radius 3 is 2.65 bits per heavy atom. The molecule has 11 heteroatoms. The second kappa shape index (κ2) is 8.80. The highest BCUT2D eigenvalue weighted by Gasteiger charge is 2.45. The van der Waals surface area contributed by atoms with E-state index in [-0.39, 0.29) is 49.7 Å². The number of pyridine rings is 2. The molecule has 11 nitrogen and oxygen atoms in total. The number of fused-ring (bicyclic) bond motifs is 6. The maximum Gasteiger partial charge on any atom is 0.343 e. The number of carbonyl (C=O) groups excluding carboxylic acids is 1. The number of aliphatic hydroxyl groups excluding tert-OH is 1. The zero-order chi connectivity index (χ0) is 25.9. The van der Waals surface area contributed by atoms with Crippen molar-refractivity contribution >= 4 is 16.9 Å². The van der Waals surface area contributed by atoms with Crippen LogP contribution in [0.4, 0.5) is 0 Å². The van der Waals surface area contributed by atoms with Crippen molar-refractivity contribution in [3.63, 3.8) is 0 Å². The smallest absolute Gasteiger partial charge is 0.343 e. The van der Waals surface area contributed by atoms with E-state index in [4.69, 9.17) is 24.9 Å². The van der Waals surface area contributed by atoms with Crippen molar-refractivity contribution in [2.45, 2.75) is 38.6 Å². The number of aliphatic hydroxyl groups is 2. The summed E-state index contributed by atoms with van der Waals surface area (Å²) < 4.78 is 18.0. The van der Waals surface area contributed by atoms with Gasteiger partial charge in [0.15, 0.2) is 17.1 Å². The SMILES string of the molecule is CC[C@@]1(O)C(=O)OCc2c1cc1n(c2=O)Cc2c-1nc1cc3c(cc1c2CN(CCN)CCO)OCO3. The monoisotopic (exact) mass is 508 g/mol. The third-order valence-corrected chi connectivity index (χ3v) is 7.54. The third-order valence-electron chi connectivity index (χ3n) is 7.54. The lowest BCUT2D eigenvalue weighted by atomic mass is 9.86. The van der Waals surface area contributed by atoms with E-state index in [1.54, 1.807) is 17.6 Å². The second-order valence-electron chi connectivity index (χ2n) is 9.53. The van der Waals surface area contributed by atoms with Gasteiger partial charge < -0.3 is 34.7 Å². The van der Waals surface area contributed by atoms with E-state index in [0.717, 1.165) is 16.5 Å². The Morgan fingerprint density at radius 2 is 1.92 bits per heavy atom. The number of hydrogen-bond acceptors (Lipinski definition) is 10. The predicted octanol–water partition coefficient (Wildman–Crippen LogP) is 0.561. The maximum absolute atomic E-state index is 13.6. The Labute approximate surface area is 212 Å². The Balaban J connectivity index is 1.59. The van der Waals surface area contributed by atoms with E-state index in [9.17, 15) is 19.8 Å². The molecule has 0 radical (unpaired) electrons. The Hall–Kier alpha value is -3.51. The normalized spacial score (nSPS) is 19.2. The zero-order valence-electron chi connectivity index (χ0n) is 20.5. The molecule has 0 unspecified atom stereocenters. The van der Waals surface area contributed by atoms with Crippen LogP contribution in [0.2, 0.25) is 0 Å². The lowest BCUT2D eigenvalue weighted by molar-refractivity contribution is -0.172. The van der Waals surface area contributed by atoms with E-state index in [1.807, 2.05) is 12.1 Å². The van der Waals surface area contributed by atoms with Crippen LogP contribution in [0.5, 0.6) is 11.5 Å². The van der Waals surface area contributed by atoms with Gasteiger partial charge in [0, 0.05) is 48.8 Å². The Kier molecular flexibility index (Phi) is 5.68. The number of nitrogens with two attached hydrogens (primary N) is 1. The number of nitrogens with zero attached hydrogens (tertiary/aromatic N) is 3. The first-order chi connectivity index (χ1) is 17.9. The van der Waals surface area contributed by atoms with Crippen LogP contribution < -0.4 is 20.8 Å². The quantitative estimate of drug-likeness (QED) is 0.302. The minimum Gasteiger partial charge on any atom is -0.458 e. The summed E-state index contributed by atoms with van der Waals surface area (Å²) in [6, 6.07) is 5.42. The van der Waals surface area contributed by atoms with Gasteiger partial charge in [-0.15, -0.1) is 0 Å². The molecule has 1 aromatic carbocycles. The lowest BCUT2D eigenvalue weighted by Gasteiger charge is -2.31. The first-order valence-electron chi connectivity index (χ1n) is 12.3. The molecule has 6 rings (SSSR count). The molecule has 3 aromatic rings. The summed E-state index contributed by atoms with van der Waals surface area (Å²) in [6.45, 7) is 3.78. The topological polar surface area (TPSA) is 149 Å². The summed E-state index contributed by atoms with van der Waals surface area (Å²) in [5.74, 6) is 0.449. The molecule has 3 aliphatic rings. The maximum atomic E-state index is 13.6. The number of cyclic esters (lactones) is 1. The van der Waals surface area contributed by atoms with Crippen molar-refractivity contribution in [2.75, 3.05) is 33.0 Å². The van der Waals surface area contributed by atoms with Crippen molar-refractivity contribution in [2.24, 2.45) is 5.73 Å². The largest absolute Gasteiger partial charge is 0.458 e. The molecule has 0 spiro atoms. The molecule has 0 amide bonds. The van der Waals surface area contributed by atoms with Crippen LogP contribution in [-0.4, -0.2) is 63.7 Å². The molecule has 0 saturated heterocycles. The molecule has 37 heavy (non-hydrogen) atoms. The summed E-state index contributed by atoms with van der Waals surface area (Å²) in [7, 11) is 0. The van der Waals surface area contributed by atoms with Gasteiger partial charge in [-0.1, -0.05) is 6.92 Å². The van der Waals surface area contributed by atoms with E-state index in [2.05, 4.69) is 4.90 Å². The molecular weight excluding hydrogens is 480 g/mol. The highest BCUT2D eigenvalue weighted by Crippen LogP contribution is 2.43. The zero-order valence-corrected chi connectivity index (χ0v) is 20.5. The molecule has 0 bridgehead atoms. The number of carbonyl (C=O) groups is 1. The molecule has 5 heterocycles. The molecule has 3 aliphatic heterocycles. The minimum absolute atomic E-state index is 0.0202. The van der Waals surface area contributed by atoms with Gasteiger partial charge in [-0.25, -0.2) is 9.78 Å². The fourth-order valence-electron chi connectivity index (χ4n) is 5.55. The van der Waals surface area contributed by atoms with E-state index >= 15 is 0 Å². The molecule has 0 aliphatic carbocycles. The van der Waals surface area contributed by atoms with Crippen molar-refractivity contribution in [3.8, 4) is 22.9 Å². The van der Waals surface area contributed by atoms with Crippen LogP contribution in [0.1, 0.15) is 35.6 Å². The van der Waals surface area contributed by atoms with Gasteiger partial charge in [-0.05, 0) is 24.1 Å². The average Bonchev–Trinajstić information content (AvgIpc) is 3.50. The van der Waals surface area contributed by atoms with Gasteiger partial charge in [0.25, 0.3) is 5.56 Å². The molecule has 0 fully saturated rings. The molecule has 4 N–H and O–H groups in total. The Bertz CT molecular complexity index is 1490. The lowest BCUT2D eigenvalue weighted by Crippen LogP contribution is -2.44. The highest BCUT2D eigenvalue weighted by molar-refractivity contribution is 5.91. The van der Waals surface area contributed by atoms with Crippen LogP contribution in [0.3, 0.4) is 0 Å². The number of aromatic nitrogens is 2. The predicted molar refractivity (Wildman–Crippen MR) is 132 cm³/mol. The number of esters is 1. The van der Waals surface area contributed by atoms with Crippen molar-refractivity contribution in [3.05, 3.63) is 50.8 Å².